The van der Waals surface area contributed by atoms with E-state index in [0.29, 0.717) is 11.8 Å². The summed E-state index contributed by atoms with van der Waals surface area (Å²) in [5.41, 5.74) is 5.58. The lowest BCUT2D eigenvalue weighted by atomic mass is 9.82. The second-order valence-electron chi connectivity index (χ2n) is 4.13. The van der Waals surface area contributed by atoms with Crippen LogP contribution in [0.4, 0.5) is 0 Å². The van der Waals surface area contributed by atoms with Crippen LogP contribution in [0.2, 0.25) is 0 Å². The van der Waals surface area contributed by atoms with E-state index in [1.807, 2.05) is 11.4 Å². The molecule has 1 saturated carbocycles. The average molecular weight is 235 g/mol. The highest BCUT2D eigenvalue weighted by Gasteiger charge is 2.30. The monoisotopic (exact) mass is 235 g/mol. The van der Waals surface area contributed by atoms with E-state index >= 15 is 0 Å². The smallest absolute Gasteiger partial charge is 0.225 e. The molecule has 0 amide bonds. The van der Waals surface area contributed by atoms with Gasteiger partial charge < -0.3 is 10.5 Å². The number of rotatable bonds is 3. The van der Waals surface area contributed by atoms with Crippen molar-refractivity contribution >= 4 is 21.6 Å². The molecule has 2 aromatic heterocycles. The van der Waals surface area contributed by atoms with Crippen molar-refractivity contribution in [2.75, 3.05) is 6.54 Å². The molecule has 16 heavy (non-hydrogen) atoms. The zero-order valence-electron chi connectivity index (χ0n) is 8.80. The van der Waals surface area contributed by atoms with Crippen LogP contribution in [0, 0.1) is 5.92 Å². The SMILES string of the molecule is NCC1CC(Oc2ncnc3sccc23)C1. The first-order valence-corrected chi connectivity index (χ1v) is 6.29. The Morgan fingerprint density at radius 3 is 3.12 bits per heavy atom. The Balaban J connectivity index is 1.77. The van der Waals surface area contributed by atoms with Gasteiger partial charge in [0.1, 0.15) is 17.3 Å². The lowest BCUT2D eigenvalue weighted by molar-refractivity contribution is 0.0663. The van der Waals surface area contributed by atoms with Crippen LogP contribution in [0.3, 0.4) is 0 Å². The molecule has 0 aromatic carbocycles. The molecular formula is C11H13N3OS. The summed E-state index contributed by atoms with van der Waals surface area (Å²) in [7, 11) is 0. The van der Waals surface area contributed by atoms with E-state index in [-0.39, 0.29) is 6.10 Å². The van der Waals surface area contributed by atoms with E-state index < -0.39 is 0 Å². The molecule has 1 fully saturated rings. The molecule has 1 aliphatic carbocycles. The Labute approximate surface area is 97.5 Å². The van der Waals surface area contributed by atoms with Crippen LogP contribution in [0.15, 0.2) is 17.8 Å². The topological polar surface area (TPSA) is 61.0 Å². The number of nitrogens with two attached hydrogens (primary N) is 1. The maximum Gasteiger partial charge on any atom is 0.225 e. The molecule has 2 heterocycles. The van der Waals surface area contributed by atoms with Gasteiger partial charge in [-0.25, -0.2) is 9.97 Å². The molecule has 1 aliphatic rings. The molecule has 0 radical (unpaired) electrons. The molecular weight excluding hydrogens is 222 g/mol. The minimum Gasteiger partial charge on any atom is -0.474 e. The van der Waals surface area contributed by atoms with E-state index in [0.717, 1.165) is 29.6 Å². The third-order valence-corrected chi connectivity index (χ3v) is 3.85. The molecule has 2 aromatic rings. The quantitative estimate of drug-likeness (QED) is 0.881. The van der Waals surface area contributed by atoms with Crippen LogP contribution in [0.5, 0.6) is 5.88 Å². The van der Waals surface area contributed by atoms with Crippen molar-refractivity contribution in [3.63, 3.8) is 0 Å². The molecule has 0 bridgehead atoms. The lowest BCUT2D eigenvalue weighted by Gasteiger charge is -2.34. The molecule has 3 rings (SSSR count). The Hall–Kier alpha value is -1.20. The fraction of sp³-hybridized carbons (Fsp3) is 0.455. The summed E-state index contributed by atoms with van der Waals surface area (Å²) in [5.74, 6) is 1.34. The van der Waals surface area contributed by atoms with Crippen LogP contribution in [-0.2, 0) is 0 Å². The van der Waals surface area contributed by atoms with Gasteiger partial charge in [0.05, 0.1) is 5.39 Å². The fourth-order valence-electron chi connectivity index (χ4n) is 1.98. The Morgan fingerprint density at radius 2 is 2.31 bits per heavy atom. The molecule has 5 heteroatoms. The van der Waals surface area contributed by atoms with Gasteiger partial charge in [-0.15, -0.1) is 11.3 Å². The highest BCUT2D eigenvalue weighted by atomic mass is 32.1. The second-order valence-corrected chi connectivity index (χ2v) is 5.03. The van der Waals surface area contributed by atoms with Crippen LogP contribution < -0.4 is 10.5 Å². The maximum absolute atomic E-state index is 5.85. The van der Waals surface area contributed by atoms with Gasteiger partial charge in [0, 0.05) is 0 Å². The molecule has 0 atom stereocenters. The van der Waals surface area contributed by atoms with Crippen molar-refractivity contribution in [3.8, 4) is 5.88 Å². The van der Waals surface area contributed by atoms with Crippen LogP contribution in [0.25, 0.3) is 10.2 Å². The number of hydrogen-bond donors (Lipinski definition) is 1. The minimum absolute atomic E-state index is 0.284. The van der Waals surface area contributed by atoms with E-state index in [4.69, 9.17) is 10.5 Å². The summed E-state index contributed by atoms with van der Waals surface area (Å²) >= 11 is 1.61. The van der Waals surface area contributed by atoms with Gasteiger partial charge in [0.25, 0.3) is 0 Å². The number of ether oxygens (including phenoxy) is 1. The Morgan fingerprint density at radius 1 is 1.44 bits per heavy atom. The van der Waals surface area contributed by atoms with Gasteiger partial charge in [-0.3, -0.25) is 0 Å². The van der Waals surface area contributed by atoms with Crippen LogP contribution in [0.1, 0.15) is 12.8 Å². The second kappa shape index (κ2) is 3.99. The summed E-state index contributed by atoms with van der Waals surface area (Å²) < 4.78 is 5.85. The van der Waals surface area contributed by atoms with E-state index in [9.17, 15) is 0 Å². The van der Waals surface area contributed by atoms with E-state index in [1.54, 1.807) is 17.7 Å². The number of fused-ring (bicyclic) bond motifs is 1. The Kier molecular flexibility index (Phi) is 2.49. The van der Waals surface area contributed by atoms with Gasteiger partial charge in [-0.1, -0.05) is 0 Å². The first-order chi connectivity index (χ1) is 7.86. The summed E-state index contributed by atoms with van der Waals surface area (Å²) in [6.45, 7) is 0.761. The molecule has 0 saturated heterocycles. The average Bonchev–Trinajstić information content (AvgIpc) is 2.71. The van der Waals surface area contributed by atoms with Crippen LogP contribution >= 0.6 is 11.3 Å². The van der Waals surface area contributed by atoms with Crippen molar-refractivity contribution in [3.05, 3.63) is 17.8 Å². The standard InChI is InChI=1S/C11H13N3OS/c12-5-7-3-8(4-7)15-10-9-1-2-16-11(9)14-6-13-10/h1-2,6-8H,3-5,12H2. The molecule has 2 N–H and O–H groups in total. The maximum atomic E-state index is 5.85. The van der Waals surface area contributed by atoms with Gasteiger partial charge >= 0.3 is 0 Å². The van der Waals surface area contributed by atoms with Crippen molar-refractivity contribution < 1.29 is 4.74 Å². The van der Waals surface area contributed by atoms with Crippen molar-refractivity contribution in [1.82, 2.24) is 9.97 Å². The first-order valence-electron chi connectivity index (χ1n) is 5.41. The molecule has 0 aliphatic heterocycles. The van der Waals surface area contributed by atoms with Crippen molar-refractivity contribution in [1.29, 1.82) is 0 Å². The predicted molar refractivity (Wildman–Crippen MR) is 63.6 cm³/mol. The fourth-order valence-corrected chi connectivity index (χ4v) is 2.71. The number of nitrogens with zero attached hydrogens (tertiary/aromatic N) is 2. The Bertz CT molecular complexity index is 493. The van der Waals surface area contributed by atoms with Gasteiger partial charge in [0.2, 0.25) is 5.88 Å². The molecule has 4 nitrogen and oxygen atoms in total. The van der Waals surface area contributed by atoms with Gasteiger partial charge in [-0.2, -0.15) is 0 Å². The normalized spacial score (nSPS) is 24.3. The predicted octanol–water partition coefficient (Wildman–Crippen LogP) is 1.81. The third kappa shape index (κ3) is 1.66. The molecule has 0 unspecified atom stereocenters. The van der Waals surface area contributed by atoms with Crippen molar-refractivity contribution in [2.45, 2.75) is 18.9 Å². The van der Waals surface area contributed by atoms with Gasteiger partial charge in [0.15, 0.2) is 0 Å². The summed E-state index contributed by atoms with van der Waals surface area (Å²) in [6.07, 6.45) is 3.94. The summed E-state index contributed by atoms with van der Waals surface area (Å²) in [6, 6.07) is 2.01. The lowest BCUT2D eigenvalue weighted by Crippen LogP contribution is -2.37. The van der Waals surface area contributed by atoms with Gasteiger partial charge in [-0.05, 0) is 36.8 Å². The highest BCUT2D eigenvalue weighted by molar-refractivity contribution is 7.16. The first kappa shape index (κ1) is 9.99. The van der Waals surface area contributed by atoms with E-state index in [1.165, 1.54) is 0 Å². The minimum atomic E-state index is 0.284. The zero-order valence-corrected chi connectivity index (χ0v) is 9.61. The number of thiophene rings is 1. The third-order valence-electron chi connectivity index (χ3n) is 3.03. The van der Waals surface area contributed by atoms with Crippen LogP contribution in [-0.4, -0.2) is 22.6 Å². The summed E-state index contributed by atoms with van der Waals surface area (Å²) in [5, 5.41) is 3.03. The highest BCUT2D eigenvalue weighted by Crippen LogP contribution is 2.33. The largest absolute Gasteiger partial charge is 0.474 e. The zero-order chi connectivity index (χ0) is 11.0. The summed E-state index contributed by atoms with van der Waals surface area (Å²) in [4.78, 5) is 9.37. The number of aromatic nitrogens is 2. The van der Waals surface area contributed by atoms with Crippen molar-refractivity contribution in [2.24, 2.45) is 11.7 Å². The molecule has 84 valence electrons. The van der Waals surface area contributed by atoms with E-state index in [2.05, 4.69) is 9.97 Å². The number of hydrogen-bond acceptors (Lipinski definition) is 5. The molecule has 0 spiro atoms.